The van der Waals surface area contributed by atoms with Crippen LogP contribution in [-0.4, -0.2) is 29.6 Å². The van der Waals surface area contributed by atoms with Gasteiger partial charge in [-0.2, -0.15) is 8.42 Å². The number of carbonyl (C=O) groups is 2. The largest absolute Gasteiger partial charge is 1.00 e. The fraction of sp³-hybridized carbons (Fsp3) is 0.875. The van der Waals surface area contributed by atoms with Gasteiger partial charge in [0.1, 0.15) is 4.75 Å². The minimum atomic E-state index is -4.99. The van der Waals surface area contributed by atoms with Crippen LogP contribution >= 0.6 is 0 Å². The van der Waals surface area contributed by atoms with Gasteiger partial charge in [0.25, 0.3) is 10.1 Å². The average molecular weight is 387 g/mol. The Bertz CT molecular complexity index is 497. The van der Waals surface area contributed by atoms with E-state index in [1.807, 2.05) is 0 Å². The molecule has 0 aromatic heterocycles. The topological polar surface area (TPSA) is 138 Å². The number of amides is 1. The van der Waals surface area contributed by atoms with Gasteiger partial charge in [0.2, 0.25) is 5.91 Å². The van der Waals surface area contributed by atoms with Gasteiger partial charge in [-0.05, 0) is 6.42 Å². The Hall–Kier alpha value is -0.150. The van der Waals surface area contributed by atoms with Gasteiger partial charge in [0.15, 0.2) is 0 Å². The quantitative estimate of drug-likeness (QED) is 0.200. The molecule has 0 heterocycles. The van der Waals surface area contributed by atoms with Crippen molar-refractivity contribution in [3.05, 3.63) is 0 Å². The molecule has 9 heteroatoms. The zero-order chi connectivity index (χ0) is 18.6. The first kappa shape index (κ1) is 27.1. The van der Waals surface area contributed by atoms with Crippen LogP contribution < -0.4 is 40.4 Å². The van der Waals surface area contributed by atoms with E-state index in [1.165, 1.54) is 25.7 Å². The molecule has 0 aromatic rings. The maximum atomic E-state index is 11.4. The molecule has 0 radical (unpaired) electrons. The summed E-state index contributed by atoms with van der Waals surface area (Å²) in [5.41, 5.74) is 4.93. The third-order valence-corrected chi connectivity index (χ3v) is 5.76. The van der Waals surface area contributed by atoms with Crippen LogP contribution in [0.3, 0.4) is 0 Å². The Labute approximate surface area is 173 Å². The van der Waals surface area contributed by atoms with Gasteiger partial charge >= 0.3 is 29.6 Å². The minimum absolute atomic E-state index is 0. The molecule has 1 unspecified atom stereocenters. The summed E-state index contributed by atoms with van der Waals surface area (Å²) in [7, 11) is -4.99. The van der Waals surface area contributed by atoms with E-state index in [4.69, 9.17) is 5.73 Å². The van der Waals surface area contributed by atoms with E-state index in [-0.39, 0.29) is 42.4 Å². The van der Waals surface area contributed by atoms with Crippen LogP contribution in [0.5, 0.6) is 0 Å². The molecule has 0 aliphatic rings. The Balaban J connectivity index is 0. The second kappa shape index (κ2) is 14.0. The fourth-order valence-corrected chi connectivity index (χ4v) is 3.71. The molecule has 1 atom stereocenters. The monoisotopic (exact) mass is 387 g/mol. The van der Waals surface area contributed by atoms with Crippen LogP contribution in [0.25, 0.3) is 0 Å². The van der Waals surface area contributed by atoms with Crippen molar-refractivity contribution >= 4 is 22.0 Å². The SMILES string of the molecule is CCCCCCCCCCCCC(CC(N)=O)(C(=O)[O-])S(=O)(=O)O.[Na+]. The third-order valence-electron chi connectivity index (χ3n) is 4.26. The number of aliphatic carboxylic acids is 1. The van der Waals surface area contributed by atoms with Crippen LogP contribution in [0.4, 0.5) is 0 Å². The normalized spacial score (nSPS) is 13.7. The smallest absolute Gasteiger partial charge is 0.548 e. The van der Waals surface area contributed by atoms with Crippen molar-refractivity contribution in [2.24, 2.45) is 5.73 Å². The average Bonchev–Trinajstić information content (AvgIpc) is 2.46. The third kappa shape index (κ3) is 10.6. The van der Waals surface area contributed by atoms with E-state index in [1.54, 1.807) is 0 Å². The summed E-state index contributed by atoms with van der Waals surface area (Å²) >= 11 is 0. The Morgan fingerprint density at radius 2 is 1.36 bits per heavy atom. The number of nitrogens with two attached hydrogens (primary N) is 1. The number of primary amides is 1. The van der Waals surface area contributed by atoms with Crippen molar-refractivity contribution in [1.82, 2.24) is 0 Å². The van der Waals surface area contributed by atoms with Gasteiger partial charge in [-0.1, -0.05) is 71.1 Å². The molecular weight excluding hydrogens is 357 g/mol. The van der Waals surface area contributed by atoms with Crippen LogP contribution in [0, 0.1) is 0 Å². The summed E-state index contributed by atoms with van der Waals surface area (Å²) in [6, 6.07) is 0. The maximum absolute atomic E-state index is 11.4. The molecule has 0 saturated carbocycles. The van der Waals surface area contributed by atoms with Crippen LogP contribution in [0.15, 0.2) is 0 Å². The summed E-state index contributed by atoms with van der Waals surface area (Å²) < 4.78 is 29.5. The number of unbranched alkanes of at least 4 members (excludes halogenated alkanes) is 9. The first-order valence-corrected chi connectivity index (χ1v) is 10.1. The van der Waals surface area contributed by atoms with Crippen molar-refractivity contribution in [3.8, 4) is 0 Å². The molecule has 0 bridgehead atoms. The van der Waals surface area contributed by atoms with E-state index in [0.29, 0.717) is 6.42 Å². The van der Waals surface area contributed by atoms with Gasteiger partial charge in [-0.25, -0.2) is 0 Å². The molecule has 3 N–H and O–H groups in total. The number of carbonyl (C=O) groups excluding carboxylic acids is 2. The van der Waals surface area contributed by atoms with Gasteiger partial charge in [-0.15, -0.1) is 0 Å². The van der Waals surface area contributed by atoms with E-state index in [9.17, 15) is 27.7 Å². The van der Waals surface area contributed by atoms with Gasteiger partial charge < -0.3 is 15.6 Å². The molecule has 25 heavy (non-hydrogen) atoms. The number of hydrogen-bond acceptors (Lipinski definition) is 5. The van der Waals surface area contributed by atoms with E-state index >= 15 is 0 Å². The fourth-order valence-electron chi connectivity index (χ4n) is 2.77. The number of rotatable bonds is 15. The zero-order valence-electron chi connectivity index (χ0n) is 15.5. The molecule has 0 aliphatic heterocycles. The zero-order valence-corrected chi connectivity index (χ0v) is 18.3. The summed E-state index contributed by atoms with van der Waals surface area (Å²) in [6.07, 6.45) is 8.53. The molecule has 0 fully saturated rings. The number of carboxylic acids is 1. The van der Waals surface area contributed by atoms with Crippen molar-refractivity contribution in [3.63, 3.8) is 0 Å². The van der Waals surface area contributed by atoms with E-state index < -0.39 is 33.2 Å². The van der Waals surface area contributed by atoms with Crippen molar-refractivity contribution < 1.29 is 57.2 Å². The molecule has 0 aliphatic carbocycles. The van der Waals surface area contributed by atoms with Crippen LogP contribution in [-0.2, 0) is 19.7 Å². The number of carboxylic acid groups (broad SMARTS) is 1. The molecule has 0 rings (SSSR count). The Morgan fingerprint density at radius 3 is 1.68 bits per heavy atom. The summed E-state index contributed by atoms with van der Waals surface area (Å²) in [6.45, 7) is 2.16. The van der Waals surface area contributed by atoms with Gasteiger partial charge in [-0.3, -0.25) is 9.35 Å². The summed E-state index contributed by atoms with van der Waals surface area (Å²) in [4.78, 5) is 22.2. The molecule has 7 nitrogen and oxygen atoms in total. The molecule has 1 amide bonds. The Kier molecular flexibility index (Phi) is 15.1. The first-order chi connectivity index (χ1) is 11.2. The van der Waals surface area contributed by atoms with Crippen molar-refractivity contribution in [1.29, 1.82) is 0 Å². The van der Waals surface area contributed by atoms with Crippen LogP contribution in [0.2, 0.25) is 0 Å². The van der Waals surface area contributed by atoms with Gasteiger partial charge in [0.05, 0.1) is 12.4 Å². The van der Waals surface area contributed by atoms with Crippen molar-refractivity contribution in [2.45, 2.75) is 88.7 Å². The molecule has 0 spiro atoms. The predicted molar refractivity (Wildman–Crippen MR) is 89.6 cm³/mol. The summed E-state index contributed by atoms with van der Waals surface area (Å²) in [5.74, 6) is -3.09. The van der Waals surface area contributed by atoms with E-state index in [2.05, 4.69) is 6.92 Å². The Morgan fingerprint density at radius 1 is 0.960 bits per heavy atom. The predicted octanol–water partition coefficient (Wildman–Crippen LogP) is -1.45. The van der Waals surface area contributed by atoms with Crippen LogP contribution in [0.1, 0.15) is 84.0 Å². The van der Waals surface area contributed by atoms with Gasteiger partial charge in [0, 0.05) is 0 Å². The second-order valence-corrected chi connectivity index (χ2v) is 8.06. The van der Waals surface area contributed by atoms with Crippen molar-refractivity contribution in [2.75, 3.05) is 0 Å². The maximum Gasteiger partial charge on any atom is 1.00 e. The standard InChI is InChI=1S/C16H31NO6S.Na/c1-2-3-4-5-6-7-8-9-10-11-12-16(15(19)20,13-14(17)18)24(21,22)23;/h2-13H2,1H3,(H2,17,18)(H,19,20)(H,21,22,23);/q;+1/p-1. The number of hydrogen-bond donors (Lipinski definition) is 2. The summed E-state index contributed by atoms with van der Waals surface area (Å²) in [5, 5.41) is 11.2. The molecule has 0 saturated heterocycles. The van der Waals surface area contributed by atoms with E-state index in [0.717, 1.165) is 25.7 Å². The first-order valence-electron chi connectivity index (χ1n) is 8.64. The minimum Gasteiger partial charge on any atom is -0.548 e. The molecule has 142 valence electrons. The molecule has 0 aromatic carbocycles. The second-order valence-electron chi connectivity index (χ2n) is 6.33. The molecular formula is C16H30NNaO6S.